The summed E-state index contributed by atoms with van der Waals surface area (Å²) in [5.41, 5.74) is -1.23. The van der Waals surface area contributed by atoms with Crippen LogP contribution in [-0.4, -0.2) is 105 Å². The molecule has 20 heteroatoms. The zero-order valence-electron chi connectivity index (χ0n) is 50.6. The first-order valence-corrected chi connectivity index (χ1v) is 28.9. The molecule has 0 aliphatic carbocycles. The molecule has 2 heterocycles. The first-order valence-electron chi connectivity index (χ1n) is 28.9. The number of carbonyl (C=O) groups excluding carboxylic acids is 4. The first-order chi connectivity index (χ1) is 37.9. The lowest BCUT2D eigenvalue weighted by Gasteiger charge is -2.57. The Morgan fingerprint density at radius 2 is 0.988 bits per heavy atom. The Labute approximate surface area is 480 Å². The van der Waals surface area contributed by atoms with Crippen molar-refractivity contribution in [2.75, 3.05) is 13.2 Å². The van der Waals surface area contributed by atoms with Crippen LogP contribution in [0.25, 0.3) is 0 Å². The van der Waals surface area contributed by atoms with Crippen LogP contribution in [0.3, 0.4) is 0 Å². The van der Waals surface area contributed by atoms with E-state index in [0.717, 1.165) is 31.2 Å². The van der Waals surface area contributed by atoms with Gasteiger partial charge in [-0.05, 0) is 115 Å². The van der Waals surface area contributed by atoms with E-state index in [1.54, 1.807) is 59.7 Å². The molecule has 0 aromatic heterocycles. The van der Waals surface area contributed by atoms with E-state index in [9.17, 15) is 54.3 Å². The van der Waals surface area contributed by atoms with Crippen molar-refractivity contribution in [3.8, 4) is 0 Å². The molecule has 2 aromatic rings. The van der Waals surface area contributed by atoms with Gasteiger partial charge in [0.25, 0.3) is 0 Å². The zero-order chi connectivity index (χ0) is 62.9. The summed E-state index contributed by atoms with van der Waals surface area (Å²) >= 11 is 0. The minimum atomic E-state index is -5.93. The molecular weight excluding hydrogens is 1090 g/mol. The van der Waals surface area contributed by atoms with Crippen molar-refractivity contribution >= 4 is 23.5 Å². The Kier molecular flexibility index (Phi) is 28.0. The third kappa shape index (κ3) is 18.6. The maximum Gasteiger partial charge on any atom is 0.457 e. The number of hydroxylamine groups is 4. The smallest absolute Gasteiger partial charge is 0.457 e. The molecule has 2 aromatic carbocycles. The molecule has 2 fully saturated rings. The number of rotatable bonds is 26. The quantitative estimate of drug-likeness (QED) is 0.0391. The third-order valence-electron chi connectivity index (χ3n) is 17.2. The van der Waals surface area contributed by atoms with Gasteiger partial charge in [0.05, 0.1) is 41.3 Å². The number of piperidine rings is 2. The van der Waals surface area contributed by atoms with Crippen LogP contribution in [0.15, 0.2) is 73.3 Å². The van der Waals surface area contributed by atoms with Crippen LogP contribution in [0.5, 0.6) is 0 Å². The maximum atomic E-state index is 15.3. The van der Waals surface area contributed by atoms with Gasteiger partial charge in [-0.25, -0.2) is 4.79 Å². The van der Waals surface area contributed by atoms with Crippen molar-refractivity contribution in [3.63, 3.8) is 0 Å². The molecule has 11 atom stereocenters. The van der Waals surface area contributed by atoms with Gasteiger partial charge in [-0.15, -0.1) is 0 Å². The fourth-order valence-corrected chi connectivity index (χ4v) is 10.4. The number of carbonyl (C=O) groups is 4. The fourth-order valence-electron chi connectivity index (χ4n) is 10.4. The molecule has 468 valence electrons. The van der Waals surface area contributed by atoms with E-state index in [4.69, 9.17) is 19.1 Å². The molecule has 0 amide bonds. The summed E-state index contributed by atoms with van der Waals surface area (Å²) in [4.78, 5) is 64.6. The van der Waals surface area contributed by atoms with Crippen LogP contribution >= 0.6 is 0 Å². The van der Waals surface area contributed by atoms with Crippen molar-refractivity contribution < 1.29 is 82.2 Å². The molecule has 0 bridgehead atoms. The van der Waals surface area contributed by atoms with E-state index in [1.165, 1.54) is 10.6 Å². The number of esters is 2. The van der Waals surface area contributed by atoms with Gasteiger partial charge in [0.15, 0.2) is 12.2 Å². The zero-order valence-corrected chi connectivity index (χ0v) is 50.6. The van der Waals surface area contributed by atoms with Crippen molar-refractivity contribution in [3.05, 3.63) is 84.4 Å². The number of unbranched alkanes of at least 4 members (excludes halogenated alkanes) is 2. The Bertz CT molecular complexity index is 2310. The maximum absolute atomic E-state index is 15.3. The van der Waals surface area contributed by atoms with Crippen LogP contribution in [0.4, 0.5) is 43.9 Å². The fraction of sp³-hybridized carbons (Fsp3) is 0.710. The Morgan fingerprint density at radius 3 is 1.33 bits per heavy atom. The summed E-state index contributed by atoms with van der Waals surface area (Å²) in [5.74, 6) is -13.3. The van der Waals surface area contributed by atoms with E-state index >= 15 is 8.78 Å². The van der Waals surface area contributed by atoms with E-state index in [1.807, 2.05) is 49.2 Å². The third-order valence-corrected chi connectivity index (χ3v) is 17.2. The largest absolute Gasteiger partial charge is 0.465 e. The summed E-state index contributed by atoms with van der Waals surface area (Å²) in [6, 6.07) is 19.2. The molecule has 0 spiro atoms. The number of benzene rings is 2. The van der Waals surface area contributed by atoms with Crippen molar-refractivity contribution in [1.29, 1.82) is 0 Å². The molecule has 2 aliphatic rings. The number of hydrogen-bond donors (Lipinski definition) is 0. The van der Waals surface area contributed by atoms with Crippen LogP contribution in [0.1, 0.15) is 203 Å². The van der Waals surface area contributed by atoms with Gasteiger partial charge in [0, 0.05) is 24.7 Å². The molecule has 0 radical (unpaired) electrons. The minimum Gasteiger partial charge on any atom is -0.465 e. The number of nitrogens with zero attached hydrogens (tertiary/aromatic N) is 2. The van der Waals surface area contributed by atoms with Crippen LogP contribution in [-0.2, 0) is 38.3 Å². The summed E-state index contributed by atoms with van der Waals surface area (Å²) in [5, 5.41) is 3.21. The van der Waals surface area contributed by atoms with E-state index in [2.05, 4.69) is 60.3 Å². The lowest BCUT2D eigenvalue weighted by molar-refractivity contribution is -0.388. The predicted octanol–water partition coefficient (Wildman–Crippen LogP) is 16.7. The van der Waals surface area contributed by atoms with E-state index in [-0.39, 0.29) is 67.6 Å². The molecule has 82 heavy (non-hydrogen) atoms. The molecule has 2 saturated heterocycles. The number of hydrogen-bond acceptors (Lipinski definition) is 10. The Hall–Kier alpha value is -4.40. The molecule has 4 rings (SSSR count). The first kappa shape index (κ1) is 73.7. The lowest BCUT2D eigenvalue weighted by Crippen LogP contribution is -2.68. The van der Waals surface area contributed by atoms with Gasteiger partial charge in [0.2, 0.25) is 0 Å². The Balaban J connectivity index is 0.000000496. The second-order valence-electron chi connectivity index (χ2n) is 23.1. The number of ketones is 2. The topological polar surface area (TPSA) is 112 Å². The van der Waals surface area contributed by atoms with Crippen LogP contribution < -0.4 is 0 Å². The highest BCUT2D eigenvalue weighted by atomic mass is 19.4. The summed E-state index contributed by atoms with van der Waals surface area (Å²) in [7, 11) is 0. The number of ether oxygens (including phenoxy) is 2. The van der Waals surface area contributed by atoms with Crippen molar-refractivity contribution in [2.24, 2.45) is 17.8 Å². The molecule has 11 unspecified atom stereocenters. The number of allylic oxidation sites excluding steroid dienone is 1. The van der Waals surface area contributed by atoms with Gasteiger partial charge in [-0.1, -0.05) is 149 Å². The average Bonchev–Trinajstić information content (AvgIpc) is 3.53. The number of halogens is 10. The van der Waals surface area contributed by atoms with Gasteiger partial charge < -0.3 is 9.47 Å². The van der Waals surface area contributed by atoms with Gasteiger partial charge in [-0.2, -0.15) is 54.0 Å². The van der Waals surface area contributed by atoms with Crippen LogP contribution in [0, 0.1) is 17.8 Å². The van der Waals surface area contributed by atoms with Gasteiger partial charge >= 0.3 is 36.1 Å². The summed E-state index contributed by atoms with van der Waals surface area (Å²) in [6.45, 7) is 29.4. The Morgan fingerprint density at radius 1 is 0.598 bits per heavy atom. The highest BCUT2D eigenvalue weighted by molar-refractivity contribution is 5.85. The van der Waals surface area contributed by atoms with Gasteiger partial charge in [-0.3, -0.25) is 24.1 Å². The average molecular weight is 1180 g/mol. The van der Waals surface area contributed by atoms with E-state index < -0.39 is 88.9 Å². The normalized spacial score (nSPS) is 25.8. The van der Waals surface area contributed by atoms with Crippen molar-refractivity contribution in [1.82, 2.24) is 10.1 Å². The van der Waals surface area contributed by atoms with Crippen LogP contribution in [0.2, 0.25) is 0 Å². The predicted molar refractivity (Wildman–Crippen MR) is 297 cm³/mol. The van der Waals surface area contributed by atoms with Gasteiger partial charge in [0.1, 0.15) is 11.6 Å². The molecule has 0 saturated carbocycles. The lowest BCUT2D eigenvalue weighted by atomic mass is 9.70. The summed E-state index contributed by atoms with van der Waals surface area (Å²) in [6.07, 6.45) is -10.2. The molecule has 10 nitrogen and oxygen atoms in total. The number of Topliss-reactive ketones (excluding diaryl/α,β-unsaturated/α-hetero) is 2. The monoisotopic (exact) mass is 1180 g/mol. The SMILES string of the molecule is C=CC(F)(F)C(F)(F)F.CCCCOC(=O)C(CC(C)c1ccccc1)CC(ON1C(C)(CC)CC(=O)C(C)C1(C)CC)C(F)(F)C(F)(F)F.CCCCOC(=O)C(CC(C)c1ccccc1)ON1C(C)(CC)CC(=O)C(C)C1(C)CC. The molecular formula is C62H92F10N2O8. The standard InChI is InChI=1S/C31H46F5NO4.C27H43NO4.C4H3F5/c1-8-11-17-40-27(39)24(18-21(4)23-15-13-12-14-16-23)19-26(30(32,33)31(34,35)36)41-37-28(6,9-2)20-25(38)22(5)29(37,7)10-3;1-8-11-17-31-25(30)24(18-20(4)22-15-13-12-14-16-22)32-28-26(6,9-2)19-23(29)21(5)27(28,7)10-3;1-2-3(5,6)4(7,8)9/h12-16,21-22,24,26H,8-11,17-20H2,1-7H3;12-16,20-21,24H,8-11,17-19H2,1-7H3;2H,1H2. The second kappa shape index (κ2) is 31.1. The second-order valence-corrected chi connectivity index (χ2v) is 23.1. The number of alkyl halides is 10. The summed E-state index contributed by atoms with van der Waals surface area (Å²) < 4.78 is 139. The molecule has 0 N–H and O–H groups in total. The highest BCUT2D eigenvalue weighted by Gasteiger charge is 2.66. The highest BCUT2D eigenvalue weighted by Crippen LogP contribution is 2.50. The minimum absolute atomic E-state index is 0.00620. The molecule has 2 aliphatic heterocycles. The van der Waals surface area contributed by atoms with E-state index in [0.29, 0.717) is 32.3 Å². The van der Waals surface area contributed by atoms with Crippen molar-refractivity contribution in [2.45, 2.75) is 251 Å².